The number of cyclic esters (lactones) is 1. The molecule has 0 N–H and O–H groups in total. The summed E-state index contributed by atoms with van der Waals surface area (Å²) in [6.07, 6.45) is 0.415. The van der Waals surface area contributed by atoms with Gasteiger partial charge in [0.2, 0.25) is 0 Å². The predicted octanol–water partition coefficient (Wildman–Crippen LogP) is 1.89. The topological polar surface area (TPSA) is 52.6 Å². The number of benzene rings is 1. The third kappa shape index (κ3) is 2.64. The van der Waals surface area contributed by atoms with E-state index in [1.165, 1.54) is 0 Å². The highest BCUT2D eigenvalue weighted by Gasteiger charge is 2.25. The molecule has 0 amide bonds. The smallest absolute Gasteiger partial charge is 0.338 e. The van der Waals surface area contributed by atoms with Gasteiger partial charge in [-0.1, -0.05) is 12.1 Å². The molecule has 1 unspecified atom stereocenters. The lowest BCUT2D eigenvalue weighted by Gasteiger charge is -2.07. The van der Waals surface area contributed by atoms with Crippen LogP contribution < -0.4 is 0 Å². The number of carbonyl (C=O) groups excluding carboxylic acids is 2. The summed E-state index contributed by atoms with van der Waals surface area (Å²) in [6.45, 7) is 2.57. The van der Waals surface area contributed by atoms with Gasteiger partial charge in [0, 0.05) is 5.92 Å². The van der Waals surface area contributed by atoms with Crippen molar-refractivity contribution in [3.63, 3.8) is 0 Å². The van der Waals surface area contributed by atoms with Crippen LogP contribution >= 0.6 is 0 Å². The van der Waals surface area contributed by atoms with Crippen molar-refractivity contribution < 1.29 is 19.1 Å². The molecule has 1 atom stereocenters. The summed E-state index contributed by atoms with van der Waals surface area (Å²) in [5, 5.41) is 0. The van der Waals surface area contributed by atoms with Gasteiger partial charge in [0.1, 0.15) is 0 Å². The van der Waals surface area contributed by atoms with E-state index in [-0.39, 0.29) is 17.9 Å². The Bertz CT molecular complexity index is 422. The molecule has 1 saturated heterocycles. The number of hydrogen-bond acceptors (Lipinski definition) is 4. The van der Waals surface area contributed by atoms with Gasteiger partial charge in [-0.3, -0.25) is 4.79 Å². The fourth-order valence-electron chi connectivity index (χ4n) is 1.83. The standard InChI is InChI=1S/C13H14O4/c1-2-16-13(15)10-5-3-9(4-6-10)11-7-12(14)17-8-11/h3-6,11H,2,7-8H2,1H3. The molecule has 1 fully saturated rings. The van der Waals surface area contributed by atoms with E-state index in [1.54, 1.807) is 19.1 Å². The monoisotopic (exact) mass is 234 g/mol. The molecule has 1 aromatic carbocycles. The van der Waals surface area contributed by atoms with Crippen LogP contribution in [0.5, 0.6) is 0 Å². The molecule has 4 nitrogen and oxygen atoms in total. The maximum absolute atomic E-state index is 11.4. The van der Waals surface area contributed by atoms with Gasteiger partial charge in [0.25, 0.3) is 0 Å². The molecule has 1 aliphatic rings. The molecule has 0 saturated carbocycles. The Labute approximate surface area is 99.5 Å². The van der Waals surface area contributed by atoms with E-state index in [4.69, 9.17) is 9.47 Å². The first-order chi connectivity index (χ1) is 8.20. The van der Waals surface area contributed by atoms with Crippen molar-refractivity contribution in [3.05, 3.63) is 35.4 Å². The molecule has 1 heterocycles. The molecule has 0 aromatic heterocycles. The number of carbonyl (C=O) groups is 2. The molecule has 90 valence electrons. The summed E-state index contributed by atoms with van der Waals surface area (Å²) < 4.78 is 9.80. The maximum Gasteiger partial charge on any atom is 0.338 e. The number of esters is 2. The van der Waals surface area contributed by atoms with E-state index in [9.17, 15) is 9.59 Å². The minimum Gasteiger partial charge on any atom is -0.465 e. The molecule has 1 aromatic rings. The second-order valence-corrected chi connectivity index (χ2v) is 3.93. The largest absolute Gasteiger partial charge is 0.465 e. The van der Waals surface area contributed by atoms with Crippen molar-refractivity contribution in [2.45, 2.75) is 19.3 Å². The van der Waals surface area contributed by atoms with Crippen molar-refractivity contribution in [1.29, 1.82) is 0 Å². The van der Waals surface area contributed by atoms with Crippen molar-refractivity contribution in [2.24, 2.45) is 0 Å². The first-order valence-electron chi connectivity index (χ1n) is 5.63. The fourth-order valence-corrected chi connectivity index (χ4v) is 1.83. The van der Waals surface area contributed by atoms with E-state index in [0.29, 0.717) is 25.2 Å². The molecule has 4 heteroatoms. The minimum atomic E-state index is -0.321. The predicted molar refractivity (Wildman–Crippen MR) is 60.7 cm³/mol. The number of hydrogen-bond donors (Lipinski definition) is 0. The highest BCUT2D eigenvalue weighted by atomic mass is 16.5. The summed E-state index contributed by atoms with van der Waals surface area (Å²) in [4.78, 5) is 22.4. The van der Waals surface area contributed by atoms with Crippen molar-refractivity contribution in [2.75, 3.05) is 13.2 Å². The highest BCUT2D eigenvalue weighted by molar-refractivity contribution is 5.89. The molecule has 0 bridgehead atoms. The highest BCUT2D eigenvalue weighted by Crippen LogP contribution is 2.26. The Balaban J connectivity index is 2.07. The van der Waals surface area contributed by atoms with Crippen molar-refractivity contribution in [1.82, 2.24) is 0 Å². The first kappa shape index (κ1) is 11.6. The summed E-state index contributed by atoms with van der Waals surface area (Å²) in [6, 6.07) is 7.13. The zero-order valence-corrected chi connectivity index (χ0v) is 9.64. The molecule has 0 radical (unpaired) electrons. The van der Waals surface area contributed by atoms with Crippen LogP contribution in [0.1, 0.15) is 35.2 Å². The SMILES string of the molecule is CCOC(=O)c1ccc(C2COC(=O)C2)cc1. The third-order valence-corrected chi connectivity index (χ3v) is 2.75. The van der Waals surface area contributed by atoms with Crippen LogP contribution in [0.25, 0.3) is 0 Å². The summed E-state index contributed by atoms with van der Waals surface area (Å²) in [7, 11) is 0. The molecule has 0 spiro atoms. The second-order valence-electron chi connectivity index (χ2n) is 3.93. The molecule has 2 rings (SSSR count). The van der Waals surface area contributed by atoms with E-state index in [0.717, 1.165) is 5.56 Å². The van der Waals surface area contributed by atoms with E-state index in [2.05, 4.69) is 0 Å². The Hall–Kier alpha value is -1.84. The van der Waals surface area contributed by atoms with Gasteiger partial charge in [-0.05, 0) is 24.6 Å². The first-order valence-corrected chi connectivity index (χ1v) is 5.63. The van der Waals surface area contributed by atoms with Crippen molar-refractivity contribution >= 4 is 11.9 Å². The zero-order chi connectivity index (χ0) is 12.3. The zero-order valence-electron chi connectivity index (χ0n) is 9.64. The van der Waals surface area contributed by atoms with Gasteiger partial charge in [-0.15, -0.1) is 0 Å². The average molecular weight is 234 g/mol. The Kier molecular flexibility index (Phi) is 3.42. The lowest BCUT2D eigenvalue weighted by molar-refractivity contribution is -0.137. The minimum absolute atomic E-state index is 0.110. The number of ether oxygens (including phenoxy) is 2. The average Bonchev–Trinajstić information content (AvgIpc) is 2.76. The normalized spacial score (nSPS) is 18.9. The summed E-state index contributed by atoms with van der Waals surface area (Å²) >= 11 is 0. The number of rotatable bonds is 3. The van der Waals surface area contributed by atoms with Crippen LogP contribution in [0, 0.1) is 0 Å². The van der Waals surface area contributed by atoms with Crippen LogP contribution in [0.15, 0.2) is 24.3 Å². The Morgan fingerprint density at radius 3 is 2.65 bits per heavy atom. The molecular weight excluding hydrogens is 220 g/mol. The Morgan fingerprint density at radius 2 is 2.12 bits per heavy atom. The van der Waals surface area contributed by atoms with Crippen LogP contribution in [0.3, 0.4) is 0 Å². The lowest BCUT2D eigenvalue weighted by Crippen LogP contribution is -2.05. The Morgan fingerprint density at radius 1 is 1.41 bits per heavy atom. The van der Waals surface area contributed by atoms with Crippen LogP contribution in [-0.2, 0) is 14.3 Å². The van der Waals surface area contributed by atoms with Gasteiger partial charge < -0.3 is 9.47 Å². The molecule has 17 heavy (non-hydrogen) atoms. The van der Waals surface area contributed by atoms with Gasteiger partial charge in [-0.2, -0.15) is 0 Å². The van der Waals surface area contributed by atoms with Gasteiger partial charge >= 0.3 is 11.9 Å². The van der Waals surface area contributed by atoms with Crippen LogP contribution in [0.2, 0.25) is 0 Å². The van der Waals surface area contributed by atoms with E-state index in [1.807, 2.05) is 12.1 Å². The molecule has 1 aliphatic heterocycles. The summed E-state index contributed by atoms with van der Waals surface area (Å²) in [5.41, 5.74) is 1.55. The summed E-state index contributed by atoms with van der Waals surface area (Å²) in [5.74, 6) is -0.374. The van der Waals surface area contributed by atoms with Gasteiger partial charge in [0.15, 0.2) is 0 Å². The van der Waals surface area contributed by atoms with Crippen molar-refractivity contribution in [3.8, 4) is 0 Å². The van der Waals surface area contributed by atoms with Gasteiger partial charge in [-0.25, -0.2) is 4.79 Å². The maximum atomic E-state index is 11.4. The molecular formula is C13H14O4. The fraction of sp³-hybridized carbons (Fsp3) is 0.385. The van der Waals surface area contributed by atoms with Crippen LogP contribution in [-0.4, -0.2) is 25.2 Å². The van der Waals surface area contributed by atoms with Gasteiger partial charge in [0.05, 0.1) is 25.2 Å². The third-order valence-electron chi connectivity index (χ3n) is 2.75. The lowest BCUT2D eigenvalue weighted by atomic mass is 9.97. The van der Waals surface area contributed by atoms with E-state index < -0.39 is 0 Å². The van der Waals surface area contributed by atoms with E-state index >= 15 is 0 Å². The van der Waals surface area contributed by atoms with Crippen LogP contribution in [0.4, 0.5) is 0 Å². The quantitative estimate of drug-likeness (QED) is 0.749. The second kappa shape index (κ2) is 4.99. The molecule has 0 aliphatic carbocycles.